The second kappa shape index (κ2) is 5.05. The summed E-state index contributed by atoms with van der Waals surface area (Å²) in [7, 11) is -3.08. The molecule has 1 aliphatic heterocycles. The zero-order chi connectivity index (χ0) is 14.1. The van der Waals surface area contributed by atoms with E-state index < -0.39 is 21.5 Å². The first-order valence-corrected chi connectivity index (χ1v) is 7.95. The van der Waals surface area contributed by atoms with Crippen LogP contribution in [0.4, 0.5) is 4.79 Å². The molecule has 2 N–H and O–H groups in total. The molecular weight excluding hydrogens is 256 g/mol. The number of rotatable bonds is 2. The van der Waals surface area contributed by atoms with E-state index in [1.807, 2.05) is 0 Å². The number of likely N-dealkylation sites (tertiary alicyclic amines) is 1. The Bertz CT molecular complexity index is 413. The zero-order valence-corrected chi connectivity index (χ0v) is 12.2. The first-order chi connectivity index (χ1) is 7.98. The minimum Gasteiger partial charge on any atom is -0.444 e. The first-order valence-electron chi connectivity index (χ1n) is 5.89. The van der Waals surface area contributed by atoms with Crippen molar-refractivity contribution in [3.63, 3.8) is 0 Å². The van der Waals surface area contributed by atoms with Crippen LogP contribution in [0, 0.1) is 5.92 Å². The van der Waals surface area contributed by atoms with E-state index in [2.05, 4.69) is 0 Å². The number of nitrogens with zero attached hydrogens (tertiary/aromatic N) is 1. The number of amides is 1. The number of carbonyl (C=O) groups excluding carboxylic acids is 1. The molecule has 0 saturated carbocycles. The van der Waals surface area contributed by atoms with E-state index in [1.165, 1.54) is 11.2 Å². The number of sulfone groups is 1. The second-order valence-corrected chi connectivity index (χ2v) is 8.09. The molecule has 0 unspecified atom stereocenters. The third kappa shape index (κ3) is 4.81. The highest BCUT2D eigenvalue weighted by atomic mass is 32.2. The van der Waals surface area contributed by atoms with Crippen LogP contribution >= 0.6 is 0 Å². The molecule has 1 heterocycles. The number of carbonyl (C=O) groups is 1. The molecule has 106 valence electrons. The van der Waals surface area contributed by atoms with Crippen LogP contribution in [0.1, 0.15) is 20.8 Å². The van der Waals surface area contributed by atoms with E-state index in [-0.39, 0.29) is 17.7 Å². The molecule has 0 aromatic rings. The highest BCUT2D eigenvalue weighted by Gasteiger charge is 2.36. The molecule has 0 bridgehead atoms. The summed E-state index contributed by atoms with van der Waals surface area (Å²) in [6.07, 6.45) is 0.740. The van der Waals surface area contributed by atoms with Gasteiger partial charge in [0.25, 0.3) is 0 Å². The van der Waals surface area contributed by atoms with Crippen molar-refractivity contribution < 1.29 is 17.9 Å². The number of hydrogen-bond donors (Lipinski definition) is 1. The van der Waals surface area contributed by atoms with E-state index in [0.29, 0.717) is 13.1 Å². The third-order valence-electron chi connectivity index (χ3n) is 2.66. The summed E-state index contributed by atoms with van der Waals surface area (Å²) in [6, 6.07) is -0.313. The SMILES string of the molecule is CC(C)(C)OC(=O)N1C[C@@H](CS(C)(=O)=O)[C@H](N)C1. The fourth-order valence-electron chi connectivity index (χ4n) is 1.94. The topological polar surface area (TPSA) is 89.7 Å². The van der Waals surface area contributed by atoms with Crippen LogP contribution in [0.5, 0.6) is 0 Å². The average Bonchev–Trinajstić information content (AvgIpc) is 2.42. The Kier molecular flexibility index (Phi) is 4.27. The Morgan fingerprint density at radius 2 is 1.94 bits per heavy atom. The Morgan fingerprint density at radius 3 is 2.39 bits per heavy atom. The van der Waals surface area contributed by atoms with Gasteiger partial charge < -0.3 is 15.4 Å². The maximum Gasteiger partial charge on any atom is 0.410 e. The maximum absolute atomic E-state index is 11.8. The summed E-state index contributed by atoms with van der Waals surface area (Å²) in [4.78, 5) is 13.3. The molecule has 1 saturated heterocycles. The van der Waals surface area contributed by atoms with Crippen molar-refractivity contribution in [3.8, 4) is 0 Å². The van der Waals surface area contributed by atoms with Crippen molar-refractivity contribution >= 4 is 15.9 Å². The summed E-state index contributed by atoms with van der Waals surface area (Å²) >= 11 is 0. The summed E-state index contributed by atoms with van der Waals surface area (Å²) < 4.78 is 27.7. The minimum atomic E-state index is -3.08. The van der Waals surface area contributed by atoms with E-state index in [1.54, 1.807) is 20.8 Å². The Morgan fingerprint density at radius 1 is 1.39 bits per heavy atom. The highest BCUT2D eigenvalue weighted by Crippen LogP contribution is 2.20. The molecular formula is C11H22N2O4S. The number of ether oxygens (including phenoxy) is 1. The number of nitrogens with two attached hydrogens (primary N) is 1. The lowest BCUT2D eigenvalue weighted by Gasteiger charge is -2.24. The fraction of sp³-hybridized carbons (Fsp3) is 0.909. The molecule has 6 nitrogen and oxygen atoms in total. The molecule has 2 atom stereocenters. The predicted octanol–water partition coefficient (Wildman–Crippen LogP) is 0.225. The molecule has 0 spiro atoms. The van der Waals surface area contributed by atoms with Crippen molar-refractivity contribution in [2.75, 3.05) is 25.1 Å². The average molecular weight is 278 g/mol. The van der Waals surface area contributed by atoms with Crippen molar-refractivity contribution in [2.24, 2.45) is 11.7 Å². The lowest BCUT2D eigenvalue weighted by atomic mass is 10.1. The molecule has 0 aromatic heterocycles. The lowest BCUT2D eigenvalue weighted by Crippen LogP contribution is -2.36. The van der Waals surface area contributed by atoms with Crippen LogP contribution in [0.2, 0.25) is 0 Å². The Balaban J connectivity index is 2.61. The van der Waals surface area contributed by atoms with Crippen molar-refractivity contribution in [1.82, 2.24) is 4.90 Å². The highest BCUT2D eigenvalue weighted by molar-refractivity contribution is 7.90. The molecule has 0 aliphatic carbocycles. The molecule has 1 fully saturated rings. The Labute approximate surface area is 108 Å². The second-order valence-electron chi connectivity index (χ2n) is 5.90. The van der Waals surface area contributed by atoms with E-state index >= 15 is 0 Å². The van der Waals surface area contributed by atoms with Gasteiger partial charge in [0.15, 0.2) is 0 Å². The van der Waals surface area contributed by atoms with Gasteiger partial charge in [0.05, 0.1) is 5.75 Å². The van der Waals surface area contributed by atoms with Crippen LogP contribution in [0.15, 0.2) is 0 Å². The van der Waals surface area contributed by atoms with Gasteiger partial charge in [-0.2, -0.15) is 0 Å². The fourth-order valence-corrected chi connectivity index (χ4v) is 3.07. The van der Waals surface area contributed by atoms with Crippen LogP contribution in [-0.2, 0) is 14.6 Å². The van der Waals surface area contributed by atoms with Gasteiger partial charge in [-0.3, -0.25) is 0 Å². The Hall–Kier alpha value is -0.820. The molecule has 1 amide bonds. The van der Waals surface area contributed by atoms with Gasteiger partial charge in [-0.25, -0.2) is 13.2 Å². The summed E-state index contributed by atoms with van der Waals surface area (Å²) in [5.74, 6) is -0.208. The molecule has 0 radical (unpaired) electrons. The van der Waals surface area contributed by atoms with Gasteiger partial charge in [-0.15, -0.1) is 0 Å². The normalized spacial score (nSPS) is 25.3. The monoisotopic (exact) mass is 278 g/mol. The minimum absolute atomic E-state index is 0.00741. The van der Waals surface area contributed by atoms with Crippen molar-refractivity contribution in [3.05, 3.63) is 0 Å². The standard InChI is InChI=1S/C11H22N2O4S/c1-11(2,3)17-10(14)13-5-8(9(12)6-13)7-18(4,15)16/h8-9H,5-7,12H2,1-4H3/t8-,9+/m0/s1. The van der Waals surface area contributed by atoms with Gasteiger partial charge in [-0.1, -0.05) is 0 Å². The quantitative estimate of drug-likeness (QED) is 0.780. The van der Waals surface area contributed by atoms with Gasteiger partial charge in [0.2, 0.25) is 0 Å². The summed E-state index contributed by atoms with van der Waals surface area (Å²) in [5, 5.41) is 0. The van der Waals surface area contributed by atoms with Crippen molar-refractivity contribution in [1.29, 1.82) is 0 Å². The predicted molar refractivity (Wildman–Crippen MR) is 69.0 cm³/mol. The molecule has 1 rings (SSSR count). The summed E-state index contributed by atoms with van der Waals surface area (Å²) in [5.41, 5.74) is 5.30. The van der Waals surface area contributed by atoms with Gasteiger partial charge in [0.1, 0.15) is 15.4 Å². The molecule has 1 aliphatic rings. The van der Waals surface area contributed by atoms with E-state index in [0.717, 1.165) is 0 Å². The largest absolute Gasteiger partial charge is 0.444 e. The molecule has 0 aromatic carbocycles. The third-order valence-corrected chi connectivity index (χ3v) is 3.69. The zero-order valence-electron chi connectivity index (χ0n) is 11.3. The van der Waals surface area contributed by atoms with Crippen LogP contribution < -0.4 is 5.73 Å². The summed E-state index contributed by atoms with van der Waals surface area (Å²) in [6.45, 7) is 6.04. The van der Waals surface area contributed by atoms with Crippen LogP contribution in [-0.4, -0.2) is 56.2 Å². The number of hydrogen-bond acceptors (Lipinski definition) is 5. The maximum atomic E-state index is 11.8. The van der Waals surface area contributed by atoms with Crippen LogP contribution in [0.3, 0.4) is 0 Å². The first kappa shape index (κ1) is 15.2. The van der Waals surface area contributed by atoms with E-state index in [4.69, 9.17) is 10.5 Å². The van der Waals surface area contributed by atoms with E-state index in [9.17, 15) is 13.2 Å². The van der Waals surface area contributed by atoms with Gasteiger partial charge in [-0.05, 0) is 20.8 Å². The van der Waals surface area contributed by atoms with Crippen LogP contribution in [0.25, 0.3) is 0 Å². The molecule has 18 heavy (non-hydrogen) atoms. The molecule has 7 heteroatoms. The lowest BCUT2D eigenvalue weighted by molar-refractivity contribution is 0.0288. The smallest absolute Gasteiger partial charge is 0.410 e. The van der Waals surface area contributed by atoms with Crippen molar-refractivity contribution in [2.45, 2.75) is 32.4 Å². The van der Waals surface area contributed by atoms with Gasteiger partial charge in [0, 0.05) is 31.3 Å². The van der Waals surface area contributed by atoms with Gasteiger partial charge >= 0.3 is 6.09 Å².